The molecule has 1 aromatic heterocycles. The molecule has 0 bridgehead atoms. The van der Waals surface area contributed by atoms with E-state index in [0.29, 0.717) is 18.0 Å². The van der Waals surface area contributed by atoms with Crippen molar-refractivity contribution in [3.05, 3.63) is 76.0 Å². The number of methoxy groups -OCH3 is 2. The van der Waals surface area contributed by atoms with E-state index >= 15 is 0 Å². The summed E-state index contributed by atoms with van der Waals surface area (Å²) in [6.45, 7) is 2.59. The summed E-state index contributed by atoms with van der Waals surface area (Å²) in [6.07, 6.45) is 0.719. The number of amides is 1. The number of sulfonamides is 1. The van der Waals surface area contributed by atoms with Crippen molar-refractivity contribution in [3.63, 3.8) is 0 Å². The first-order chi connectivity index (χ1) is 17.8. The largest absolute Gasteiger partial charge is 0.497 e. The van der Waals surface area contributed by atoms with E-state index in [1.54, 1.807) is 53.7 Å². The van der Waals surface area contributed by atoms with E-state index in [4.69, 9.17) is 14.2 Å². The zero-order valence-corrected chi connectivity index (χ0v) is 22.9. The summed E-state index contributed by atoms with van der Waals surface area (Å²) >= 11 is 1.66. The van der Waals surface area contributed by atoms with Gasteiger partial charge in [0.25, 0.3) is 0 Å². The minimum Gasteiger partial charge on any atom is -0.497 e. The quantitative estimate of drug-likeness (QED) is 0.364. The van der Waals surface area contributed by atoms with Crippen LogP contribution in [0.25, 0.3) is 0 Å². The number of aryl methyl sites for hydroxylation is 1. The van der Waals surface area contributed by atoms with Gasteiger partial charge in [-0.1, -0.05) is 23.8 Å². The van der Waals surface area contributed by atoms with Crippen LogP contribution in [0.4, 0.5) is 0 Å². The molecule has 2 heterocycles. The van der Waals surface area contributed by atoms with Gasteiger partial charge in [-0.05, 0) is 54.6 Å². The molecule has 0 N–H and O–H groups in total. The Kier molecular flexibility index (Phi) is 8.86. The Labute approximate surface area is 222 Å². The van der Waals surface area contributed by atoms with Gasteiger partial charge >= 0.3 is 0 Å². The third-order valence-corrected chi connectivity index (χ3v) is 9.24. The summed E-state index contributed by atoms with van der Waals surface area (Å²) in [4.78, 5) is 16.8. The first-order valence-corrected chi connectivity index (χ1v) is 14.3. The van der Waals surface area contributed by atoms with Gasteiger partial charge < -0.3 is 19.1 Å². The van der Waals surface area contributed by atoms with Crippen molar-refractivity contribution in [1.82, 2.24) is 9.21 Å². The SMILES string of the molecule is COCCN(CC(=O)N1CCc2sccc2[C@@H]1COc1cccc(OC)c1)S(=O)(=O)c1ccc(C)cc1. The fourth-order valence-corrected chi connectivity index (χ4v) is 6.62. The molecule has 3 aromatic rings. The number of carbonyl (C=O) groups excluding carboxylic acids is 1. The first kappa shape index (κ1) is 27.1. The highest BCUT2D eigenvalue weighted by Gasteiger charge is 2.35. The summed E-state index contributed by atoms with van der Waals surface area (Å²) in [6, 6.07) is 15.6. The molecule has 198 valence electrons. The van der Waals surface area contributed by atoms with Crippen LogP contribution in [0, 0.1) is 6.92 Å². The molecule has 10 heteroatoms. The third kappa shape index (κ3) is 6.32. The highest BCUT2D eigenvalue weighted by Crippen LogP contribution is 2.34. The van der Waals surface area contributed by atoms with Crippen molar-refractivity contribution in [3.8, 4) is 11.5 Å². The average molecular weight is 545 g/mol. The normalized spacial score (nSPS) is 15.5. The second-order valence-corrected chi connectivity index (χ2v) is 11.7. The van der Waals surface area contributed by atoms with E-state index in [1.807, 2.05) is 36.6 Å². The summed E-state index contributed by atoms with van der Waals surface area (Å²) in [5, 5.41) is 2.02. The lowest BCUT2D eigenvalue weighted by molar-refractivity contribution is -0.135. The molecule has 1 aliphatic heterocycles. The second kappa shape index (κ2) is 12.1. The Morgan fingerprint density at radius 1 is 1.11 bits per heavy atom. The van der Waals surface area contributed by atoms with Crippen LogP contribution >= 0.6 is 11.3 Å². The molecule has 1 aliphatic rings. The summed E-state index contributed by atoms with van der Waals surface area (Å²) in [5.74, 6) is 1.04. The predicted molar refractivity (Wildman–Crippen MR) is 143 cm³/mol. The Balaban J connectivity index is 1.56. The van der Waals surface area contributed by atoms with Gasteiger partial charge in [0.2, 0.25) is 15.9 Å². The minimum atomic E-state index is -3.89. The maximum Gasteiger partial charge on any atom is 0.243 e. The van der Waals surface area contributed by atoms with Crippen molar-refractivity contribution in [2.45, 2.75) is 24.3 Å². The standard InChI is InChI=1S/C27H32N2O6S2/c1-20-7-9-23(10-8-20)37(31,32)28(14-15-33-2)18-27(30)29-13-11-26-24(12-16-36-26)25(29)19-35-22-6-4-5-21(17-22)34-3/h4-10,12,16-17,25H,11,13-15,18-19H2,1-3H3/t25-/m0/s1. The molecular weight excluding hydrogens is 512 g/mol. The van der Waals surface area contributed by atoms with Gasteiger partial charge in [0.15, 0.2) is 0 Å². The summed E-state index contributed by atoms with van der Waals surface area (Å²) in [7, 11) is -0.789. The van der Waals surface area contributed by atoms with Crippen LogP contribution < -0.4 is 9.47 Å². The number of thiophene rings is 1. The van der Waals surface area contributed by atoms with Crippen LogP contribution in [-0.2, 0) is 26.0 Å². The highest BCUT2D eigenvalue weighted by atomic mass is 32.2. The molecular formula is C27H32N2O6S2. The van der Waals surface area contributed by atoms with Gasteiger partial charge in [0, 0.05) is 31.1 Å². The van der Waals surface area contributed by atoms with E-state index in [9.17, 15) is 13.2 Å². The molecule has 1 atom stereocenters. The molecule has 0 spiro atoms. The molecule has 0 radical (unpaired) electrons. The molecule has 0 saturated carbocycles. The third-order valence-electron chi connectivity index (χ3n) is 6.38. The predicted octanol–water partition coefficient (Wildman–Crippen LogP) is 3.91. The van der Waals surface area contributed by atoms with E-state index < -0.39 is 10.0 Å². The summed E-state index contributed by atoms with van der Waals surface area (Å²) < 4.78 is 44.6. The molecule has 0 unspecified atom stereocenters. The number of nitrogens with zero attached hydrogens (tertiary/aromatic N) is 2. The second-order valence-electron chi connectivity index (χ2n) is 8.79. The van der Waals surface area contributed by atoms with Crippen LogP contribution in [0.2, 0.25) is 0 Å². The maximum atomic E-state index is 13.7. The molecule has 37 heavy (non-hydrogen) atoms. The van der Waals surface area contributed by atoms with Crippen LogP contribution in [0.15, 0.2) is 64.9 Å². The van der Waals surface area contributed by atoms with E-state index in [0.717, 1.165) is 17.5 Å². The van der Waals surface area contributed by atoms with Crippen LogP contribution in [0.5, 0.6) is 11.5 Å². The van der Waals surface area contributed by atoms with Crippen molar-refractivity contribution >= 4 is 27.3 Å². The van der Waals surface area contributed by atoms with Gasteiger partial charge in [0.05, 0.1) is 31.2 Å². The number of benzene rings is 2. The zero-order chi connectivity index (χ0) is 26.4. The fraction of sp³-hybridized carbons (Fsp3) is 0.370. The number of hydrogen-bond acceptors (Lipinski definition) is 7. The Morgan fingerprint density at radius 3 is 2.59 bits per heavy atom. The number of fused-ring (bicyclic) bond motifs is 1. The number of carbonyl (C=O) groups is 1. The van der Waals surface area contributed by atoms with Crippen LogP contribution in [-0.4, -0.2) is 70.6 Å². The Morgan fingerprint density at radius 2 is 1.86 bits per heavy atom. The fourth-order valence-electron chi connectivity index (χ4n) is 4.32. The molecule has 0 saturated heterocycles. The Hall–Kier alpha value is -2.92. The molecule has 0 fully saturated rings. The molecule has 8 nitrogen and oxygen atoms in total. The molecule has 1 amide bonds. The van der Waals surface area contributed by atoms with Gasteiger partial charge in [-0.15, -0.1) is 11.3 Å². The Bertz CT molecular complexity index is 1310. The lowest BCUT2D eigenvalue weighted by Gasteiger charge is -2.37. The monoisotopic (exact) mass is 544 g/mol. The number of hydrogen-bond donors (Lipinski definition) is 0. The van der Waals surface area contributed by atoms with Gasteiger partial charge in [-0.25, -0.2) is 8.42 Å². The van der Waals surface area contributed by atoms with E-state index in [-0.39, 0.29) is 43.1 Å². The van der Waals surface area contributed by atoms with Gasteiger partial charge in [-0.2, -0.15) is 4.31 Å². The summed E-state index contributed by atoms with van der Waals surface area (Å²) in [5.41, 5.74) is 1.99. The lowest BCUT2D eigenvalue weighted by atomic mass is 10.0. The van der Waals surface area contributed by atoms with Crippen molar-refractivity contribution in [2.24, 2.45) is 0 Å². The van der Waals surface area contributed by atoms with Crippen LogP contribution in [0.1, 0.15) is 22.0 Å². The minimum absolute atomic E-state index is 0.0704. The van der Waals surface area contributed by atoms with Gasteiger partial charge in [-0.3, -0.25) is 4.79 Å². The topological polar surface area (TPSA) is 85.4 Å². The number of ether oxygens (including phenoxy) is 3. The molecule has 2 aromatic carbocycles. The zero-order valence-electron chi connectivity index (χ0n) is 21.3. The lowest BCUT2D eigenvalue weighted by Crippen LogP contribution is -2.48. The van der Waals surface area contributed by atoms with Crippen LogP contribution in [0.3, 0.4) is 0 Å². The maximum absolute atomic E-state index is 13.7. The number of rotatable bonds is 11. The average Bonchev–Trinajstić information content (AvgIpc) is 3.39. The molecule has 0 aliphatic carbocycles. The smallest absolute Gasteiger partial charge is 0.243 e. The van der Waals surface area contributed by atoms with Crippen molar-refractivity contribution < 1.29 is 27.4 Å². The van der Waals surface area contributed by atoms with Crippen molar-refractivity contribution in [2.75, 3.05) is 47.1 Å². The van der Waals surface area contributed by atoms with E-state index in [2.05, 4.69) is 0 Å². The molecule has 4 rings (SSSR count). The van der Waals surface area contributed by atoms with Crippen molar-refractivity contribution in [1.29, 1.82) is 0 Å². The first-order valence-electron chi connectivity index (χ1n) is 12.0. The highest BCUT2D eigenvalue weighted by molar-refractivity contribution is 7.89. The van der Waals surface area contributed by atoms with E-state index in [1.165, 1.54) is 16.3 Å². The van der Waals surface area contributed by atoms with Gasteiger partial charge in [0.1, 0.15) is 18.1 Å².